The molecule has 1 aromatic carbocycles. The molecule has 1 aliphatic heterocycles. The van der Waals surface area contributed by atoms with Crippen LogP contribution in [0.15, 0.2) is 30.3 Å². The van der Waals surface area contributed by atoms with E-state index in [1.807, 2.05) is 18.2 Å². The lowest BCUT2D eigenvalue weighted by Gasteiger charge is -2.49. The Bertz CT molecular complexity index is 512. The highest BCUT2D eigenvalue weighted by Crippen LogP contribution is 2.45. The minimum absolute atomic E-state index is 0.0796. The van der Waals surface area contributed by atoms with Crippen molar-refractivity contribution in [2.75, 3.05) is 26.3 Å². The Morgan fingerprint density at radius 1 is 1.27 bits per heavy atom. The SMILES string of the molecule is CC1(N2CCOCC2)CC[C@@H](C(=O)O)C(c2ccccc2)C1. The first-order valence-corrected chi connectivity index (χ1v) is 8.21. The Hall–Kier alpha value is -1.39. The van der Waals surface area contributed by atoms with Crippen LogP contribution in [0.2, 0.25) is 0 Å². The zero-order chi connectivity index (χ0) is 15.6. The van der Waals surface area contributed by atoms with Crippen molar-refractivity contribution in [1.29, 1.82) is 0 Å². The highest BCUT2D eigenvalue weighted by molar-refractivity contribution is 5.71. The van der Waals surface area contributed by atoms with Crippen molar-refractivity contribution in [2.24, 2.45) is 5.92 Å². The van der Waals surface area contributed by atoms with E-state index >= 15 is 0 Å². The van der Waals surface area contributed by atoms with Crippen LogP contribution in [0.25, 0.3) is 0 Å². The number of benzene rings is 1. The fourth-order valence-electron chi connectivity index (χ4n) is 4.12. The number of morpholine rings is 1. The van der Waals surface area contributed by atoms with Gasteiger partial charge in [0, 0.05) is 18.6 Å². The summed E-state index contributed by atoms with van der Waals surface area (Å²) < 4.78 is 5.47. The lowest BCUT2D eigenvalue weighted by atomic mass is 9.67. The minimum atomic E-state index is -0.655. The van der Waals surface area contributed by atoms with Crippen LogP contribution in [0.5, 0.6) is 0 Å². The molecule has 4 nitrogen and oxygen atoms in total. The van der Waals surface area contributed by atoms with E-state index in [2.05, 4.69) is 24.0 Å². The van der Waals surface area contributed by atoms with E-state index in [0.717, 1.165) is 51.1 Å². The molecule has 1 saturated heterocycles. The lowest BCUT2D eigenvalue weighted by Crippen LogP contribution is -2.55. The number of ether oxygens (including phenoxy) is 1. The van der Waals surface area contributed by atoms with E-state index in [1.165, 1.54) is 0 Å². The second-order valence-corrected chi connectivity index (χ2v) is 6.80. The predicted molar refractivity (Wildman–Crippen MR) is 85.0 cm³/mol. The van der Waals surface area contributed by atoms with Crippen LogP contribution in [-0.4, -0.2) is 47.8 Å². The van der Waals surface area contributed by atoms with Gasteiger partial charge in [-0.05, 0) is 37.7 Å². The maximum absolute atomic E-state index is 11.7. The van der Waals surface area contributed by atoms with Crippen molar-refractivity contribution in [3.8, 4) is 0 Å². The number of carboxylic acids is 1. The van der Waals surface area contributed by atoms with Gasteiger partial charge in [0.1, 0.15) is 0 Å². The quantitative estimate of drug-likeness (QED) is 0.933. The van der Waals surface area contributed by atoms with Crippen LogP contribution in [0.3, 0.4) is 0 Å². The van der Waals surface area contributed by atoms with Crippen molar-refractivity contribution in [1.82, 2.24) is 4.90 Å². The molecule has 1 saturated carbocycles. The summed E-state index contributed by atoms with van der Waals surface area (Å²) in [4.78, 5) is 14.2. The summed E-state index contributed by atoms with van der Waals surface area (Å²) in [6.45, 7) is 5.78. The summed E-state index contributed by atoms with van der Waals surface area (Å²) >= 11 is 0. The Morgan fingerprint density at radius 3 is 2.59 bits per heavy atom. The lowest BCUT2D eigenvalue weighted by molar-refractivity contribution is -0.145. The van der Waals surface area contributed by atoms with Crippen LogP contribution in [0.4, 0.5) is 0 Å². The maximum Gasteiger partial charge on any atom is 0.307 e. The Labute approximate surface area is 132 Å². The number of hydrogen-bond donors (Lipinski definition) is 1. The molecular formula is C18H25NO3. The molecule has 0 bridgehead atoms. The highest BCUT2D eigenvalue weighted by atomic mass is 16.5. The monoisotopic (exact) mass is 303 g/mol. The second-order valence-electron chi connectivity index (χ2n) is 6.80. The first-order valence-electron chi connectivity index (χ1n) is 8.21. The number of aliphatic carboxylic acids is 1. The number of carbonyl (C=O) groups is 1. The molecule has 2 unspecified atom stereocenters. The van der Waals surface area contributed by atoms with Gasteiger partial charge < -0.3 is 9.84 Å². The van der Waals surface area contributed by atoms with Crippen molar-refractivity contribution in [2.45, 2.75) is 37.6 Å². The molecule has 0 radical (unpaired) electrons. The fraction of sp³-hybridized carbons (Fsp3) is 0.611. The Morgan fingerprint density at radius 2 is 1.95 bits per heavy atom. The summed E-state index contributed by atoms with van der Waals surface area (Å²) in [6, 6.07) is 10.2. The van der Waals surface area contributed by atoms with Crippen molar-refractivity contribution in [3.63, 3.8) is 0 Å². The van der Waals surface area contributed by atoms with Gasteiger partial charge in [0.05, 0.1) is 19.1 Å². The largest absolute Gasteiger partial charge is 0.481 e. The molecule has 0 amide bonds. The van der Waals surface area contributed by atoms with Crippen molar-refractivity contribution in [3.05, 3.63) is 35.9 Å². The molecule has 0 aromatic heterocycles. The molecule has 1 aliphatic carbocycles. The Kier molecular flexibility index (Phi) is 4.50. The van der Waals surface area contributed by atoms with Crippen LogP contribution < -0.4 is 0 Å². The molecule has 1 heterocycles. The van der Waals surface area contributed by atoms with Gasteiger partial charge in [0.15, 0.2) is 0 Å². The van der Waals surface area contributed by atoms with E-state index in [1.54, 1.807) is 0 Å². The molecule has 1 N–H and O–H groups in total. The first kappa shape index (κ1) is 15.5. The minimum Gasteiger partial charge on any atom is -0.481 e. The van der Waals surface area contributed by atoms with Gasteiger partial charge in [0.2, 0.25) is 0 Å². The molecule has 3 rings (SSSR count). The van der Waals surface area contributed by atoms with Crippen molar-refractivity contribution >= 4 is 5.97 Å². The molecule has 1 aromatic rings. The van der Waals surface area contributed by atoms with Crippen molar-refractivity contribution < 1.29 is 14.6 Å². The number of carboxylic acid groups (broad SMARTS) is 1. The summed E-state index contributed by atoms with van der Waals surface area (Å²) in [5.41, 5.74) is 1.24. The van der Waals surface area contributed by atoms with Gasteiger partial charge in [-0.25, -0.2) is 0 Å². The molecular weight excluding hydrogens is 278 g/mol. The average Bonchev–Trinajstić information content (AvgIpc) is 2.56. The molecule has 3 atom stereocenters. The van der Waals surface area contributed by atoms with E-state index in [4.69, 9.17) is 4.74 Å². The predicted octanol–water partition coefficient (Wildman–Crippen LogP) is 2.75. The molecule has 120 valence electrons. The average molecular weight is 303 g/mol. The van der Waals surface area contributed by atoms with E-state index in [0.29, 0.717) is 0 Å². The smallest absolute Gasteiger partial charge is 0.307 e. The van der Waals surface area contributed by atoms with Gasteiger partial charge in [-0.2, -0.15) is 0 Å². The molecule has 4 heteroatoms. The normalized spacial score (nSPS) is 33.5. The Balaban J connectivity index is 1.84. The number of rotatable bonds is 3. The van der Waals surface area contributed by atoms with E-state index < -0.39 is 5.97 Å². The standard InChI is InChI=1S/C18H25NO3/c1-18(19-9-11-22-12-10-19)8-7-15(17(20)21)16(13-18)14-5-3-2-4-6-14/h2-6,15-16H,7-13H2,1H3,(H,20,21)/t15-,16?,18?/m1/s1. The topological polar surface area (TPSA) is 49.8 Å². The highest BCUT2D eigenvalue weighted by Gasteiger charge is 2.44. The maximum atomic E-state index is 11.7. The van der Waals surface area contributed by atoms with Crippen LogP contribution >= 0.6 is 0 Å². The van der Waals surface area contributed by atoms with Crippen LogP contribution in [-0.2, 0) is 9.53 Å². The summed E-state index contributed by atoms with van der Waals surface area (Å²) in [5.74, 6) is -0.824. The van der Waals surface area contributed by atoms with Gasteiger partial charge in [-0.3, -0.25) is 9.69 Å². The molecule has 2 aliphatic rings. The van der Waals surface area contributed by atoms with Gasteiger partial charge in [-0.15, -0.1) is 0 Å². The summed E-state index contributed by atoms with van der Waals surface area (Å²) in [7, 11) is 0. The van der Waals surface area contributed by atoms with E-state index in [9.17, 15) is 9.90 Å². The first-order chi connectivity index (χ1) is 10.6. The van der Waals surface area contributed by atoms with Crippen LogP contribution in [0.1, 0.15) is 37.7 Å². The van der Waals surface area contributed by atoms with Gasteiger partial charge >= 0.3 is 5.97 Å². The van der Waals surface area contributed by atoms with E-state index in [-0.39, 0.29) is 17.4 Å². The van der Waals surface area contributed by atoms with Gasteiger partial charge in [-0.1, -0.05) is 30.3 Å². The zero-order valence-electron chi connectivity index (χ0n) is 13.2. The third-order valence-electron chi connectivity index (χ3n) is 5.46. The number of nitrogens with zero attached hydrogens (tertiary/aromatic N) is 1. The third kappa shape index (κ3) is 3.03. The number of hydrogen-bond acceptors (Lipinski definition) is 3. The fourth-order valence-corrected chi connectivity index (χ4v) is 4.12. The second kappa shape index (κ2) is 6.39. The molecule has 0 spiro atoms. The molecule has 22 heavy (non-hydrogen) atoms. The van der Waals surface area contributed by atoms with Gasteiger partial charge in [0.25, 0.3) is 0 Å². The summed E-state index contributed by atoms with van der Waals surface area (Å²) in [5, 5.41) is 9.62. The molecule has 2 fully saturated rings. The summed E-state index contributed by atoms with van der Waals surface area (Å²) in [6.07, 6.45) is 2.62. The van der Waals surface area contributed by atoms with Crippen LogP contribution in [0, 0.1) is 5.92 Å². The third-order valence-corrected chi connectivity index (χ3v) is 5.46. The zero-order valence-corrected chi connectivity index (χ0v) is 13.2.